The summed E-state index contributed by atoms with van der Waals surface area (Å²) in [4.78, 5) is 25.8. The van der Waals surface area contributed by atoms with Crippen molar-refractivity contribution in [2.75, 3.05) is 18.0 Å². The zero-order valence-electron chi connectivity index (χ0n) is 7.87. The van der Waals surface area contributed by atoms with E-state index in [-0.39, 0.29) is 11.7 Å². The maximum Gasteiger partial charge on any atom is 0.363 e. The molecule has 0 N–H and O–H groups in total. The highest BCUT2D eigenvalue weighted by molar-refractivity contribution is 5.62. The van der Waals surface area contributed by atoms with Crippen LogP contribution >= 0.6 is 0 Å². The fraction of sp³-hybridized carbons (Fsp3) is 0.333. The highest BCUT2D eigenvalue weighted by Crippen LogP contribution is 2.23. The van der Waals surface area contributed by atoms with Crippen LogP contribution in [0.5, 0.6) is 0 Å². The van der Waals surface area contributed by atoms with E-state index in [1.165, 1.54) is 12.3 Å². The minimum atomic E-state index is -0.534. The van der Waals surface area contributed by atoms with Gasteiger partial charge in [0.05, 0.1) is 5.69 Å². The molecule has 2 heterocycles. The highest BCUT2D eigenvalue weighted by atomic mass is 16.6. The smallest absolute Gasteiger partial charge is 0.363 e. The molecule has 1 aromatic heterocycles. The van der Waals surface area contributed by atoms with Gasteiger partial charge in [0.15, 0.2) is 6.20 Å². The monoisotopic (exact) mass is 207 g/mol. The van der Waals surface area contributed by atoms with Crippen LogP contribution < -0.4 is 4.90 Å². The number of carbonyl (C=O) groups is 1. The molecular formula is C9H9N3O3. The standard InChI is InChI=1S/C9H9N3O3/c13-6-7-4-11(5-7)8-1-2-9(10-3-8)12(14)15/h1-3,6-7H,4-5H2. The SMILES string of the molecule is O=CC1CN(c2ccc([N+](=O)[O-])nc2)C1. The number of hydrogen-bond acceptors (Lipinski definition) is 5. The lowest BCUT2D eigenvalue weighted by Gasteiger charge is -2.37. The van der Waals surface area contributed by atoms with Crippen molar-refractivity contribution in [1.29, 1.82) is 0 Å². The summed E-state index contributed by atoms with van der Waals surface area (Å²) in [5.74, 6) is -0.0774. The van der Waals surface area contributed by atoms with Gasteiger partial charge in [0, 0.05) is 25.1 Å². The second kappa shape index (κ2) is 3.64. The summed E-state index contributed by atoms with van der Waals surface area (Å²) in [5.41, 5.74) is 0.818. The van der Waals surface area contributed by atoms with Crippen molar-refractivity contribution in [1.82, 2.24) is 4.98 Å². The van der Waals surface area contributed by atoms with E-state index < -0.39 is 4.92 Å². The topological polar surface area (TPSA) is 76.3 Å². The van der Waals surface area contributed by atoms with Crippen LogP contribution in [0.3, 0.4) is 0 Å². The van der Waals surface area contributed by atoms with Crippen LogP contribution in [0.2, 0.25) is 0 Å². The average Bonchev–Trinajstić information content (AvgIpc) is 2.17. The summed E-state index contributed by atoms with van der Waals surface area (Å²) < 4.78 is 0. The van der Waals surface area contributed by atoms with Crippen molar-refractivity contribution in [3.05, 3.63) is 28.4 Å². The maximum atomic E-state index is 10.4. The van der Waals surface area contributed by atoms with E-state index in [0.29, 0.717) is 13.1 Å². The van der Waals surface area contributed by atoms with Crippen molar-refractivity contribution in [2.45, 2.75) is 0 Å². The molecule has 0 aromatic carbocycles. The van der Waals surface area contributed by atoms with Crippen molar-refractivity contribution in [2.24, 2.45) is 5.92 Å². The molecule has 0 bridgehead atoms. The van der Waals surface area contributed by atoms with Crippen LogP contribution in [-0.4, -0.2) is 29.3 Å². The van der Waals surface area contributed by atoms with Crippen molar-refractivity contribution in [3.8, 4) is 0 Å². The summed E-state index contributed by atoms with van der Waals surface area (Å²) in [5, 5.41) is 10.3. The number of nitro groups is 1. The van der Waals surface area contributed by atoms with Gasteiger partial charge in [-0.1, -0.05) is 0 Å². The Bertz CT molecular complexity index is 384. The molecule has 6 heteroatoms. The second-order valence-corrected chi connectivity index (χ2v) is 3.43. The van der Waals surface area contributed by atoms with E-state index in [4.69, 9.17) is 0 Å². The quantitative estimate of drug-likeness (QED) is 0.412. The largest absolute Gasteiger partial charge is 0.367 e. The van der Waals surface area contributed by atoms with Crippen molar-refractivity contribution in [3.63, 3.8) is 0 Å². The number of pyridine rings is 1. The Balaban J connectivity index is 2.05. The van der Waals surface area contributed by atoms with Crippen molar-refractivity contribution < 1.29 is 9.72 Å². The first-order chi connectivity index (χ1) is 7.20. The zero-order valence-corrected chi connectivity index (χ0v) is 7.87. The molecule has 78 valence electrons. The molecule has 0 atom stereocenters. The van der Waals surface area contributed by atoms with Gasteiger partial charge in [-0.3, -0.25) is 0 Å². The van der Waals surface area contributed by atoms with Crippen LogP contribution in [0.25, 0.3) is 0 Å². The average molecular weight is 207 g/mol. The molecule has 0 amide bonds. The van der Waals surface area contributed by atoms with Crippen LogP contribution in [-0.2, 0) is 4.79 Å². The van der Waals surface area contributed by atoms with Gasteiger partial charge in [-0.15, -0.1) is 0 Å². The normalized spacial score (nSPS) is 15.9. The lowest BCUT2D eigenvalue weighted by molar-refractivity contribution is -0.389. The van der Waals surface area contributed by atoms with E-state index in [1.54, 1.807) is 6.07 Å². The molecule has 1 aliphatic rings. The number of hydrogen-bond donors (Lipinski definition) is 0. The Morgan fingerprint density at radius 1 is 1.53 bits per heavy atom. The maximum absolute atomic E-state index is 10.4. The van der Waals surface area contributed by atoms with Crippen LogP contribution in [0.4, 0.5) is 11.5 Å². The molecule has 1 aliphatic heterocycles. The van der Waals surface area contributed by atoms with Gasteiger partial charge in [-0.2, -0.15) is 0 Å². The molecule has 0 saturated carbocycles. The van der Waals surface area contributed by atoms with Gasteiger partial charge in [0.25, 0.3) is 0 Å². The minimum Gasteiger partial charge on any atom is -0.367 e. The van der Waals surface area contributed by atoms with Gasteiger partial charge < -0.3 is 19.8 Å². The molecule has 0 unspecified atom stereocenters. The van der Waals surface area contributed by atoms with E-state index in [0.717, 1.165) is 12.0 Å². The Hall–Kier alpha value is -1.98. The Labute approximate surface area is 85.7 Å². The number of aldehydes is 1. The molecule has 1 saturated heterocycles. The number of carbonyl (C=O) groups excluding carboxylic acids is 1. The first-order valence-corrected chi connectivity index (χ1v) is 4.51. The first-order valence-electron chi connectivity index (χ1n) is 4.51. The van der Waals surface area contributed by atoms with Crippen LogP contribution in [0.15, 0.2) is 18.3 Å². The second-order valence-electron chi connectivity index (χ2n) is 3.43. The van der Waals surface area contributed by atoms with E-state index in [2.05, 4.69) is 4.98 Å². The third kappa shape index (κ3) is 1.78. The van der Waals surface area contributed by atoms with E-state index in [1.807, 2.05) is 4.90 Å². The van der Waals surface area contributed by atoms with Crippen LogP contribution in [0.1, 0.15) is 0 Å². The van der Waals surface area contributed by atoms with Crippen LogP contribution in [0, 0.1) is 16.0 Å². The number of nitrogens with zero attached hydrogens (tertiary/aromatic N) is 3. The molecule has 1 aromatic rings. The van der Waals surface area contributed by atoms with Gasteiger partial charge in [-0.05, 0) is 16.0 Å². The summed E-state index contributed by atoms with van der Waals surface area (Å²) in [6, 6.07) is 3.01. The summed E-state index contributed by atoms with van der Waals surface area (Å²) >= 11 is 0. The Morgan fingerprint density at radius 3 is 2.73 bits per heavy atom. The predicted molar refractivity (Wildman–Crippen MR) is 52.7 cm³/mol. The lowest BCUT2D eigenvalue weighted by Crippen LogP contribution is -2.47. The molecule has 1 fully saturated rings. The Kier molecular flexibility index (Phi) is 2.32. The molecular weight excluding hydrogens is 198 g/mol. The molecule has 0 spiro atoms. The van der Waals surface area contributed by atoms with Gasteiger partial charge in [0.2, 0.25) is 0 Å². The zero-order chi connectivity index (χ0) is 10.8. The third-order valence-corrected chi connectivity index (χ3v) is 2.39. The van der Waals surface area contributed by atoms with Gasteiger partial charge >= 0.3 is 5.82 Å². The number of aromatic nitrogens is 1. The lowest BCUT2D eigenvalue weighted by atomic mass is 10.0. The first kappa shape index (κ1) is 9.57. The molecule has 2 rings (SSSR count). The molecule has 0 aliphatic carbocycles. The molecule has 15 heavy (non-hydrogen) atoms. The van der Waals surface area contributed by atoms with Gasteiger partial charge in [0.1, 0.15) is 6.29 Å². The molecule has 6 nitrogen and oxygen atoms in total. The van der Waals surface area contributed by atoms with E-state index >= 15 is 0 Å². The molecule has 0 radical (unpaired) electrons. The fourth-order valence-electron chi connectivity index (χ4n) is 1.48. The number of rotatable bonds is 3. The summed E-state index contributed by atoms with van der Waals surface area (Å²) in [7, 11) is 0. The Morgan fingerprint density at radius 2 is 2.27 bits per heavy atom. The fourth-order valence-corrected chi connectivity index (χ4v) is 1.48. The highest BCUT2D eigenvalue weighted by Gasteiger charge is 2.27. The third-order valence-electron chi connectivity index (χ3n) is 2.39. The predicted octanol–water partition coefficient (Wildman–Crippen LogP) is 0.625. The van der Waals surface area contributed by atoms with Crippen molar-refractivity contribution >= 4 is 17.8 Å². The van der Waals surface area contributed by atoms with Gasteiger partial charge in [-0.25, -0.2) is 0 Å². The number of anilines is 1. The van der Waals surface area contributed by atoms with E-state index in [9.17, 15) is 14.9 Å². The summed E-state index contributed by atoms with van der Waals surface area (Å²) in [6.45, 7) is 1.34. The minimum absolute atomic E-state index is 0.0835. The summed E-state index contributed by atoms with van der Waals surface area (Å²) in [6.07, 6.45) is 2.38.